The van der Waals surface area contributed by atoms with Crippen molar-refractivity contribution < 1.29 is 4.74 Å². The summed E-state index contributed by atoms with van der Waals surface area (Å²) in [4.78, 5) is 9.62. The molecule has 0 spiro atoms. The van der Waals surface area contributed by atoms with E-state index in [4.69, 9.17) is 10.6 Å². The first kappa shape index (κ1) is 11.6. The zero-order valence-electron chi connectivity index (χ0n) is 10.1. The van der Waals surface area contributed by atoms with Crippen LogP contribution in [0.25, 0.3) is 10.2 Å². The number of anilines is 2. The van der Waals surface area contributed by atoms with E-state index in [1.165, 1.54) is 0 Å². The molecule has 1 aliphatic rings. The molecule has 1 saturated heterocycles. The molecular weight excluding hydrogens is 250 g/mol. The number of nitrogens with zero attached hydrogens (tertiary/aromatic N) is 2. The number of hydrogen-bond donors (Lipinski definition) is 3. The smallest absolute Gasteiger partial charge is 0.240 e. The molecule has 2 aromatic rings. The third-order valence-electron chi connectivity index (χ3n) is 3.09. The van der Waals surface area contributed by atoms with Gasteiger partial charge in [0.1, 0.15) is 10.6 Å². The number of hydrogen-bond acceptors (Lipinski definition) is 7. The summed E-state index contributed by atoms with van der Waals surface area (Å²) in [6, 6.07) is 2.02. The zero-order valence-corrected chi connectivity index (χ0v) is 10.9. The van der Waals surface area contributed by atoms with Gasteiger partial charge in [-0.05, 0) is 24.8 Å². The van der Waals surface area contributed by atoms with Crippen LogP contribution >= 0.6 is 11.3 Å². The van der Waals surface area contributed by atoms with Gasteiger partial charge in [-0.1, -0.05) is 0 Å². The summed E-state index contributed by atoms with van der Waals surface area (Å²) in [5, 5.41) is 6.47. The fourth-order valence-electron chi connectivity index (χ4n) is 2.07. The SMILES string of the molecule is CC1(Nc2nc(NN)nc3sccc23)CCOC1. The molecule has 1 atom stereocenters. The highest BCUT2D eigenvalue weighted by molar-refractivity contribution is 7.16. The molecule has 2 aromatic heterocycles. The second kappa shape index (κ2) is 4.34. The Balaban J connectivity index is 2.01. The molecule has 3 rings (SSSR count). The van der Waals surface area contributed by atoms with Crippen LogP contribution in [0.5, 0.6) is 0 Å². The van der Waals surface area contributed by atoms with E-state index in [2.05, 4.69) is 27.6 Å². The molecule has 1 fully saturated rings. The van der Waals surface area contributed by atoms with E-state index in [0.717, 1.165) is 29.1 Å². The van der Waals surface area contributed by atoms with E-state index >= 15 is 0 Å². The van der Waals surface area contributed by atoms with E-state index in [0.29, 0.717) is 12.6 Å². The number of ether oxygens (including phenoxy) is 1. The first-order chi connectivity index (χ1) is 8.70. The average Bonchev–Trinajstić information content (AvgIpc) is 2.97. The van der Waals surface area contributed by atoms with Gasteiger partial charge in [-0.15, -0.1) is 11.3 Å². The van der Waals surface area contributed by atoms with Gasteiger partial charge in [-0.2, -0.15) is 4.98 Å². The molecule has 1 unspecified atom stereocenters. The minimum Gasteiger partial charge on any atom is -0.379 e. The lowest BCUT2D eigenvalue weighted by Crippen LogP contribution is -2.35. The Hall–Kier alpha value is -1.44. The van der Waals surface area contributed by atoms with E-state index in [1.807, 2.05) is 11.4 Å². The second-order valence-electron chi connectivity index (χ2n) is 4.67. The average molecular weight is 265 g/mol. The van der Waals surface area contributed by atoms with Crippen LogP contribution < -0.4 is 16.6 Å². The summed E-state index contributed by atoms with van der Waals surface area (Å²) < 4.78 is 5.44. The molecule has 3 heterocycles. The molecular formula is C11H15N5OS. The van der Waals surface area contributed by atoms with Crippen molar-refractivity contribution in [3.8, 4) is 0 Å². The maximum absolute atomic E-state index is 5.44. The molecule has 18 heavy (non-hydrogen) atoms. The number of hydrazine groups is 1. The molecule has 7 heteroatoms. The van der Waals surface area contributed by atoms with E-state index in [1.54, 1.807) is 11.3 Å². The molecule has 0 saturated carbocycles. The molecule has 0 aromatic carbocycles. The predicted molar refractivity (Wildman–Crippen MR) is 72.7 cm³/mol. The lowest BCUT2D eigenvalue weighted by Gasteiger charge is -2.24. The highest BCUT2D eigenvalue weighted by Gasteiger charge is 2.30. The van der Waals surface area contributed by atoms with Crippen molar-refractivity contribution in [2.24, 2.45) is 5.84 Å². The Morgan fingerprint density at radius 1 is 1.50 bits per heavy atom. The molecule has 6 nitrogen and oxygen atoms in total. The molecule has 0 aliphatic carbocycles. The van der Waals surface area contributed by atoms with Crippen LogP contribution in [-0.4, -0.2) is 28.7 Å². The number of thiophene rings is 1. The van der Waals surface area contributed by atoms with Crippen molar-refractivity contribution in [3.05, 3.63) is 11.4 Å². The monoisotopic (exact) mass is 265 g/mol. The molecule has 1 aliphatic heterocycles. The summed E-state index contributed by atoms with van der Waals surface area (Å²) in [5.74, 6) is 6.63. The Morgan fingerprint density at radius 2 is 2.39 bits per heavy atom. The van der Waals surface area contributed by atoms with E-state index < -0.39 is 0 Å². The maximum atomic E-state index is 5.44. The summed E-state index contributed by atoms with van der Waals surface area (Å²) in [6.45, 7) is 3.60. The van der Waals surface area contributed by atoms with Crippen LogP contribution in [-0.2, 0) is 4.74 Å². The molecule has 0 amide bonds. The number of aromatic nitrogens is 2. The largest absolute Gasteiger partial charge is 0.379 e. The van der Waals surface area contributed by atoms with Gasteiger partial charge in [0.15, 0.2) is 0 Å². The minimum atomic E-state index is -0.0743. The number of nitrogens with one attached hydrogen (secondary N) is 2. The van der Waals surface area contributed by atoms with Gasteiger partial charge in [0.05, 0.1) is 17.5 Å². The number of nitrogens with two attached hydrogens (primary N) is 1. The van der Waals surface area contributed by atoms with Gasteiger partial charge < -0.3 is 10.1 Å². The lowest BCUT2D eigenvalue weighted by atomic mass is 10.0. The van der Waals surface area contributed by atoms with Crippen molar-refractivity contribution in [2.45, 2.75) is 18.9 Å². The second-order valence-corrected chi connectivity index (χ2v) is 5.56. The Bertz CT molecular complexity index is 564. The van der Waals surface area contributed by atoms with Gasteiger partial charge in [0.2, 0.25) is 5.95 Å². The van der Waals surface area contributed by atoms with Crippen LogP contribution in [0, 0.1) is 0 Å². The van der Waals surface area contributed by atoms with Crippen molar-refractivity contribution >= 4 is 33.3 Å². The minimum absolute atomic E-state index is 0.0743. The van der Waals surface area contributed by atoms with Crippen molar-refractivity contribution in [1.29, 1.82) is 0 Å². The topological polar surface area (TPSA) is 85.1 Å². The third-order valence-corrected chi connectivity index (χ3v) is 3.90. The summed E-state index contributed by atoms with van der Waals surface area (Å²) in [6.07, 6.45) is 0.966. The fourth-order valence-corrected chi connectivity index (χ4v) is 2.83. The van der Waals surface area contributed by atoms with Crippen molar-refractivity contribution in [1.82, 2.24) is 9.97 Å². The predicted octanol–water partition coefficient (Wildman–Crippen LogP) is 1.57. The van der Waals surface area contributed by atoms with Gasteiger partial charge in [-0.3, -0.25) is 5.43 Å². The summed E-state index contributed by atoms with van der Waals surface area (Å²) in [7, 11) is 0. The van der Waals surface area contributed by atoms with Crippen molar-refractivity contribution in [2.75, 3.05) is 24.0 Å². The van der Waals surface area contributed by atoms with E-state index in [9.17, 15) is 0 Å². The first-order valence-electron chi connectivity index (χ1n) is 5.78. The highest BCUT2D eigenvalue weighted by Crippen LogP contribution is 2.30. The number of fused-ring (bicyclic) bond motifs is 1. The molecule has 96 valence electrons. The van der Waals surface area contributed by atoms with Gasteiger partial charge >= 0.3 is 0 Å². The van der Waals surface area contributed by atoms with Crippen LogP contribution in [0.4, 0.5) is 11.8 Å². The quantitative estimate of drug-likeness (QED) is 0.577. The molecule has 0 radical (unpaired) electrons. The van der Waals surface area contributed by atoms with Crippen LogP contribution in [0.1, 0.15) is 13.3 Å². The maximum Gasteiger partial charge on any atom is 0.240 e. The Kier molecular flexibility index (Phi) is 2.81. The van der Waals surface area contributed by atoms with E-state index in [-0.39, 0.29) is 5.54 Å². The lowest BCUT2D eigenvalue weighted by molar-refractivity contribution is 0.185. The summed E-state index contributed by atoms with van der Waals surface area (Å²) >= 11 is 1.57. The Labute approximate surface area is 109 Å². The molecule has 4 N–H and O–H groups in total. The summed E-state index contributed by atoms with van der Waals surface area (Å²) in [5.41, 5.74) is 2.43. The zero-order chi connectivity index (χ0) is 12.6. The standard InChI is InChI=1S/C11H15N5OS/c1-11(3-4-17-6-11)15-8-7-2-5-18-9(7)14-10(13-8)16-12/h2,5H,3-4,6,12H2,1H3,(H2,13,14,15,16). The normalized spacial score (nSPS) is 23.4. The number of nitrogen functional groups attached to an aromatic ring is 1. The van der Waals surface area contributed by atoms with Crippen LogP contribution in [0.2, 0.25) is 0 Å². The highest BCUT2D eigenvalue weighted by atomic mass is 32.1. The Morgan fingerprint density at radius 3 is 3.11 bits per heavy atom. The van der Waals surface area contributed by atoms with Gasteiger partial charge in [-0.25, -0.2) is 10.8 Å². The number of rotatable bonds is 3. The molecule has 0 bridgehead atoms. The fraction of sp³-hybridized carbons (Fsp3) is 0.455. The van der Waals surface area contributed by atoms with Crippen LogP contribution in [0.3, 0.4) is 0 Å². The van der Waals surface area contributed by atoms with Crippen molar-refractivity contribution in [3.63, 3.8) is 0 Å². The van der Waals surface area contributed by atoms with Gasteiger partial charge in [0.25, 0.3) is 0 Å². The first-order valence-corrected chi connectivity index (χ1v) is 6.66. The van der Waals surface area contributed by atoms with Crippen LogP contribution in [0.15, 0.2) is 11.4 Å². The van der Waals surface area contributed by atoms with Gasteiger partial charge in [0, 0.05) is 6.61 Å². The third kappa shape index (κ3) is 2.00.